The zero-order chi connectivity index (χ0) is 8.48. The third-order valence-electron chi connectivity index (χ3n) is 0.850. The summed E-state index contributed by atoms with van der Waals surface area (Å²) in [5.41, 5.74) is 0. The van der Waals surface area contributed by atoms with Crippen LogP contribution in [-0.2, 0) is 6.42 Å². The summed E-state index contributed by atoms with van der Waals surface area (Å²) in [6, 6.07) is 0. The second-order valence-corrected chi connectivity index (χ2v) is 2.17. The van der Waals surface area contributed by atoms with Crippen molar-refractivity contribution < 1.29 is 17.7 Å². The Morgan fingerprint density at radius 2 is 2.18 bits per heavy atom. The van der Waals surface area contributed by atoms with E-state index in [1.54, 1.807) is 0 Å². The number of aromatic amines is 1. The normalized spacial score (nSPS) is 11.9. The summed E-state index contributed by atoms with van der Waals surface area (Å²) in [5.74, 6) is -0.303. The van der Waals surface area contributed by atoms with Crippen molar-refractivity contribution in [2.45, 2.75) is 12.6 Å². The lowest BCUT2D eigenvalue weighted by Crippen LogP contribution is -2.12. The zero-order valence-corrected chi connectivity index (χ0v) is 5.92. The molecule has 0 aromatic carbocycles. The standard InChI is InChI=1S/C4H3F3N2OS/c5-4(6,7)1-2-8-3(11)10-9-2/h1H2,(H,8,9,11). The highest BCUT2D eigenvalue weighted by Crippen LogP contribution is 2.18. The topological polar surface area (TPSA) is 41.8 Å². The van der Waals surface area contributed by atoms with Crippen LogP contribution in [0, 0.1) is 4.84 Å². The molecule has 0 aliphatic carbocycles. The summed E-state index contributed by atoms with van der Waals surface area (Å²) in [5, 5.41) is 1.95. The number of rotatable bonds is 1. The molecule has 1 N–H and O–H groups in total. The van der Waals surface area contributed by atoms with Gasteiger partial charge in [0.15, 0.2) is 5.82 Å². The first-order valence-electron chi connectivity index (χ1n) is 2.58. The van der Waals surface area contributed by atoms with Gasteiger partial charge >= 0.3 is 11.0 Å². The van der Waals surface area contributed by atoms with Gasteiger partial charge in [-0.2, -0.15) is 18.2 Å². The van der Waals surface area contributed by atoms with Gasteiger partial charge in [-0.25, -0.2) is 5.16 Å². The van der Waals surface area contributed by atoms with Crippen LogP contribution in [0.3, 0.4) is 0 Å². The summed E-state index contributed by atoms with van der Waals surface area (Å²) in [6.07, 6.45) is -5.43. The Hall–Kier alpha value is -0.850. The molecule has 0 radical (unpaired) electrons. The molecule has 1 heterocycles. The minimum Gasteiger partial charge on any atom is -0.348 e. The average Bonchev–Trinajstić information content (AvgIpc) is 2.10. The van der Waals surface area contributed by atoms with E-state index >= 15 is 0 Å². The highest BCUT2D eigenvalue weighted by Gasteiger charge is 2.29. The Morgan fingerprint density at radius 3 is 2.55 bits per heavy atom. The van der Waals surface area contributed by atoms with Crippen molar-refractivity contribution >= 4 is 12.2 Å². The third kappa shape index (κ3) is 2.71. The molecule has 62 valence electrons. The van der Waals surface area contributed by atoms with Crippen LogP contribution in [0.5, 0.6) is 0 Å². The Kier molecular flexibility index (Phi) is 1.99. The Labute approximate surface area is 64.2 Å². The molecule has 0 fully saturated rings. The number of nitrogens with zero attached hydrogens (tertiary/aromatic N) is 1. The highest BCUT2D eigenvalue weighted by molar-refractivity contribution is 7.71. The van der Waals surface area contributed by atoms with Gasteiger partial charge in [0.2, 0.25) is 0 Å². The zero-order valence-electron chi connectivity index (χ0n) is 5.10. The first-order valence-corrected chi connectivity index (χ1v) is 2.99. The smallest absolute Gasteiger partial charge is 0.348 e. The number of nitrogens with one attached hydrogen (secondary N) is 1. The minimum atomic E-state index is -4.28. The van der Waals surface area contributed by atoms with Crippen molar-refractivity contribution in [3.05, 3.63) is 10.7 Å². The molecule has 11 heavy (non-hydrogen) atoms. The first kappa shape index (κ1) is 8.25. The monoisotopic (exact) mass is 184 g/mol. The number of alkyl halides is 3. The van der Waals surface area contributed by atoms with Crippen LogP contribution >= 0.6 is 12.2 Å². The molecule has 0 aliphatic rings. The lowest BCUT2D eigenvalue weighted by molar-refractivity contribution is -0.128. The van der Waals surface area contributed by atoms with Gasteiger partial charge in [-0.05, 0) is 12.2 Å². The van der Waals surface area contributed by atoms with E-state index in [0.29, 0.717) is 0 Å². The Balaban J connectivity index is 2.73. The second-order valence-electron chi connectivity index (χ2n) is 1.82. The van der Waals surface area contributed by atoms with Crippen molar-refractivity contribution in [3.63, 3.8) is 0 Å². The van der Waals surface area contributed by atoms with Crippen molar-refractivity contribution in [2.75, 3.05) is 0 Å². The van der Waals surface area contributed by atoms with E-state index in [-0.39, 0.29) is 10.7 Å². The van der Waals surface area contributed by atoms with E-state index in [4.69, 9.17) is 0 Å². The van der Waals surface area contributed by atoms with E-state index in [9.17, 15) is 13.2 Å². The third-order valence-corrected chi connectivity index (χ3v) is 1.02. The number of halogens is 3. The molecule has 0 spiro atoms. The molecule has 1 rings (SSSR count). The van der Waals surface area contributed by atoms with Crippen molar-refractivity contribution in [3.8, 4) is 0 Å². The summed E-state index contributed by atoms with van der Waals surface area (Å²) in [4.78, 5) is 3.05. The van der Waals surface area contributed by atoms with Gasteiger partial charge in [0.1, 0.15) is 6.42 Å². The van der Waals surface area contributed by atoms with E-state index in [2.05, 4.69) is 21.7 Å². The fourth-order valence-corrected chi connectivity index (χ4v) is 0.676. The van der Waals surface area contributed by atoms with Crippen LogP contribution in [0.1, 0.15) is 5.82 Å². The molecule has 0 bridgehead atoms. The molecule has 7 heteroatoms. The molecule has 0 saturated heterocycles. The largest absolute Gasteiger partial charge is 0.396 e. The summed E-state index contributed by atoms with van der Waals surface area (Å²) >= 11 is 4.35. The predicted molar refractivity (Wildman–Crippen MR) is 31.4 cm³/mol. The highest BCUT2D eigenvalue weighted by atomic mass is 32.1. The number of aromatic nitrogens is 2. The fraction of sp³-hybridized carbons (Fsp3) is 0.500. The molecule has 3 nitrogen and oxygen atoms in total. The fourth-order valence-electron chi connectivity index (χ4n) is 0.524. The van der Waals surface area contributed by atoms with Gasteiger partial charge in [0.05, 0.1) is 0 Å². The van der Waals surface area contributed by atoms with Gasteiger partial charge in [0.25, 0.3) is 0 Å². The average molecular weight is 184 g/mol. The lowest BCUT2D eigenvalue weighted by atomic mass is 10.4. The van der Waals surface area contributed by atoms with Crippen LogP contribution in [0.2, 0.25) is 0 Å². The number of hydrogen-bond donors (Lipinski definition) is 1. The summed E-state index contributed by atoms with van der Waals surface area (Å²) in [6.45, 7) is 0. The van der Waals surface area contributed by atoms with Gasteiger partial charge < -0.3 is 4.52 Å². The van der Waals surface area contributed by atoms with E-state index in [0.717, 1.165) is 0 Å². The predicted octanol–water partition coefficient (Wildman–Crippen LogP) is 1.84. The van der Waals surface area contributed by atoms with Crippen LogP contribution < -0.4 is 0 Å². The van der Waals surface area contributed by atoms with E-state index in [1.165, 1.54) is 0 Å². The van der Waals surface area contributed by atoms with Crippen molar-refractivity contribution in [1.29, 1.82) is 0 Å². The molecule has 0 atom stereocenters. The maximum Gasteiger partial charge on any atom is 0.396 e. The maximum atomic E-state index is 11.6. The Morgan fingerprint density at radius 1 is 1.55 bits per heavy atom. The first-order chi connectivity index (χ1) is 4.97. The Bertz CT molecular complexity index is 288. The lowest BCUT2D eigenvalue weighted by Gasteiger charge is -2.00. The number of H-pyrrole nitrogens is 1. The summed E-state index contributed by atoms with van der Waals surface area (Å²) < 4.78 is 39.1. The van der Waals surface area contributed by atoms with Gasteiger partial charge in [-0.15, -0.1) is 0 Å². The summed E-state index contributed by atoms with van der Waals surface area (Å²) in [7, 11) is 0. The molecule has 0 aliphatic heterocycles. The molecule has 0 unspecified atom stereocenters. The second kappa shape index (κ2) is 2.65. The van der Waals surface area contributed by atoms with Crippen molar-refractivity contribution in [1.82, 2.24) is 10.1 Å². The molecular formula is C4H3F3N2OS. The van der Waals surface area contributed by atoms with Crippen LogP contribution in [0.25, 0.3) is 0 Å². The van der Waals surface area contributed by atoms with Gasteiger partial charge in [-0.1, -0.05) is 0 Å². The molecule has 1 aromatic heterocycles. The van der Waals surface area contributed by atoms with Gasteiger partial charge in [0, 0.05) is 0 Å². The molecule has 0 saturated carbocycles. The quantitative estimate of drug-likeness (QED) is 0.677. The molecular weight excluding hydrogens is 181 g/mol. The van der Waals surface area contributed by atoms with E-state index in [1.807, 2.05) is 5.16 Å². The molecule has 1 aromatic rings. The van der Waals surface area contributed by atoms with E-state index < -0.39 is 12.6 Å². The van der Waals surface area contributed by atoms with Crippen LogP contribution in [0.15, 0.2) is 4.52 Å². The van der Waals surface area contributed by atoms with Crippen LogP contribution in [-0.4, -0.2) is 16.3 Å². The van der Waals surface area contributed by atoms with Crippen molar-refractivity contribution in [2.24, 2.45) is 0 Å². The van der Waals surface area contributed by atoms with Gasteiger partial charge in [-0.3, -0.25) is 0 Å². The number of hydrogen-bond acceptors (Lipinski definition) is 3. The van der Waals surface area contributed by atoms with Crippen LogP contribution in [0.4, 0.5) is 13.2 Å². The SMILES string of the molecule is FC(F)(F)Cc1nc(=S)o[nH]1. The molecule has 0 amide bonds. The minimum absolute atomic E-state index is 0.218. The maximum absolute atomic E-state index is 11.6.